The minimum atomic E-state index is -0.998. The zero-order valence-electron chi connectivity index (χ0n) is 15.8. The Bertz CT molecular complexity index is 794. The molecule has 28 heavy (non-hydrogen) atoms. The minimum Gasteiger partial charge on any atom is -0.495 e. The zero-order chi connectivity index (χ0) is 20.9. The first-order chi connectivity index (χ1) is 13.3. The molecule has 0 aromatic heterocycles. The summed E-state index contributed by atoms with van der Waals surface area (Å²) in [6.07, 6.45) is 0.818. The number of rotatable bonds is 8. The lowest BCUT2D eigenvalue weighted by Gasteiger charge is -2.22. The van der Waals surface area contributed by atoms with E-state index in [1.165, 1.54) is 13.2 Å². The predicted octanol–water partition coefficient (Wildman–Crippen LogP) is 1.94. The van der Waals surface area contributed by atoms with Gasteiger partial charge < -0.3 is 20.1 Å². The molecule has 1 aromatic carbocycles. The topological polar surface area (TPSA) is 114 Å². The summed E-state index contributed by atoms with van der Waals surface area (Å²) in [5.74, 6) is -1.48. The van der Waals surface area contributed by atoms with Crippen molar-refractivity contribution >= 4 is 41.1 Å². The van der Waals surface area contributed by atoms with Gasteiger partial charge in [-0.3, -0.25) is 19.3 Å². The average molecular weight is 412 g/mol. The molecule has 0 atom stereocenters. The summed E-state index contributed by atoms with van der Waals surface area (Å²) in [5, 5.41) is 5.44. The minimum absolute atomic E-state index is 0.311. The highest BCUT2D eigenvalue weighted by molar-refractivity contribution is 6.32. The van der Waals surface area contributed by atoms with Crippen LogP contribution in [0.5, 0.6) is 5.75 Å². The van der Waals surface area contributed by atoms with E-state index in [1.54, 1.807) is 26.0 Å². The number of amides is 4. The summed E-state index contributed by atoms with van der Waals surface area (Å²) in [5.41, 5.74) is -0.598. The van der Waals surface area contributed by atoms with Crippen LogP contribution >= 0.6 is 11.6 Å². The van der Waals surface area contributed by atoms with Crippen molar-refractivity contribution in [2.24, 2.45) is 0 Å². The van der Waals surface area contributed by atoms with Crippen LogP contribution in [0.3, 0.4) is 0 Å². The van der Waals surface area contributed by atoms with Gasteiger partial charge in [0.05, 0.1) is 12.1 Å². The molecular formula is C18H22ClN3O6. The molecule has 1 heterocycles. The van der Waals surface area contributed by atoms with Gasteiger partial charge in [0.2, 0.25) is 0 Å². The lowest BCUT2D eigenvalue weighted by molar-refractivity contribution is -0.150. The van der Waals surface area contributed by atoms with Crippen molar-refractivity contribution in [3.63, 3.8) is 0 Å². The molecule has 10 heteroatoms. The third kappa shape index (κ3) is 4.53. The molecule has 0 radical (unpaired) electrons. The quantitative estimate of drug-likeness (QED) is 0.499. The maximum absolute atomic E-state index is 12.4. The highest BCUT2D eigenvalue weighted by atomic mass is 35.5. The van der Waals surface area contributed by atoms with Crippen LogP contribution in [-0.4, -0.2) is 54.5 Å². The molecule has 2 N–H and O–H groups in total. The van der Waals surface area contributed by atoms with Gasteiger partial charge in [-0.25, -0.2) is 4.79 Å². The van der Waals surface area contributed by atoms with Crippen LogP contribution in [0.15, 0.2) is 18.2 Å². The van der Waals surface area contributed by atoms with E-state index in [2.05, 4.69) is 10.6 Å². The van der Waals surface area contributed by atoms with Gasteiger partial charge in [0.25, 0.3) is 11.8 Å². The maximum atomic E-state index is 12.4. The number of hydrogen-bond acceptors (Lipinski definition) is 6. The van der Waals surface area contributed by atoms with Crippen LogP contribution in [0.2, 0.25) is 5.02 Å². The predicted molar refractivity (Wildman–Crippen MR) is 101 cm³/mol. The normalized spacial score (nSPS) is 15.2. The second-order valence-corrected chi connectivity index (χ2v) is 6.58. The lowest BCUT2D eigenvalue weighted by atomic mass is 9.93. The average Bonchev–Trinajstić information content (AvgIpc) is 2.91. The number of ether oxygens (including phenoxy) is 2. The van der Waals surface area contributed by atoms with Gasteiger partial charge in [-0.15, -0.1) is 0 Å². The molecule has 4 amide bonds. The highest BCUT2D eigenvalue weighted by Gasteiger charge is 2.49. The molecule has 0 bridgehead atoms. The SMILES string of the molecule is CCC1(CC)NC(=O)N(CC(=O)OCC(=O)Nc2ccc(OC)c(Cl)c2)C1=O. The number of benzene rings is 1. The van der Waals surface area contributed by atoms with E-state index in [0.717, 1.165) is 4.90 Å². The second kappa shape index (κ2) is 8.92. The first-order valence-electron chi connectivity index (χ1n) is 8.69. The number of carbonyl (C=O) groups excluding carboxylic acids is 4. The standard InChI is InChI=1S/C18H22ClN3O6/c1-4-18(5-2)16(25)22(17(26)21-18)9-15(24)28-10-14(23)20-11-6-7-13(27-3)12(19)8-11/h6-8H,4-5,9-10H2,1-3H3,(H,20,23)(H,21,26). The molecule has 152 valence electrons. The van der Waals surface area contributed by atoms with Crippen molar-refractivity contribution in [1.29, 1.82) is 0 Å². The van der Waals surface area contributed by atoms with Crippen LogP contribution in [0.25, 0.3) is 0 Å². The van der Waals surface area contributed by atoms with E-state index < -0.39 is 42.5 Å². The van der Waals surface area contributed by atoms with Crippen LogP contribution in [0, 0.1) is 0 Å². The van der Waals surface area contributed by atoms with Crippen molar-refractivity contribution in [2.45, 2.75) is 32.2 Å². The van der Waals surface area contributed by atoms with E-state index in [1.807, 2.05) is 0 Å². The number of esters is 1. The van der Waals surface area contributed by atoms with Crippen molar-refractivity contribution in [1.82, 2.24) is 10.2 Å². The van der Waals surface area contributed by atoms with Gasteiger partial charge in [-0.05, 0) is 31.0 Å². The summed E-state index contributed by atoms with van der Waals surface area (Å²) < 4.78 is 9.88. The van der Waals surface area contributed by atoms with Crippen LogP contribution in [0.4, 0.5) is 10.5 Å². The molecular weight excluding hydrogens is 390 g/mol. The van der Waals surface area contributed by atoms with Gasteiger partial charge >= 0.3 is 12.0 Å². The van der Waals surface area contributed by atoms with Crippen LogP contribution in [-0.2, 0) is 19.1 Å². The third-order valence-corrected chi connectivity index (χ3v) is 4.84. The highest BCUT2D eigenvalue weighted by Crippen LogP contribution is 2.27. The van der Waals surface area contributed by atoms with E-state index in [0.29, 0.717) is 29.3 Å². The number of nitrogens with one attached hydrogen (secondary N) is 2. The van der Waals surface area contributed by atoms with Crippen molar-refractivity contribution < 1.29 is 28.7 Å². The largest absolute Gasteiger partial charge is 0.495 e. The van der Waals surface area contributed by atoms with Crippen LogP contribution in [0.1, 0.15) is 26.7 Å². The molecule has 1 saturated heterocycles. The number of methoxy groups -OCH3 is 1. The van der Waals surface area contributed by atoms with E-state index in [-0.39, 0.29) is 0 Å². The third-order valence-electron chi connectivity index (χ3n) is 4.54. The molecule has 0 aliphatic carbocycles. The Hall–Kier alpha value is -2.81. The summed E-state index contributed by atoms with van der Waals surface area (Å²) >= 11 is 5.97. The van der Waals surface area contributed by atoms with Gasteiger partial charge in [0.15, 0.2) is 6.61 Å². The summed E-state index contributed by atoms with van der Waals surface area (Å²) in [7, 11) is 1.47. The number of imide groups is 1. The van der Waals surface area contributed by atoms with E-state index in [4.69, 9.17) is 21.1 Å². The van der Waals surface area contributed by atoms with Crippen molar-refractivity contribution in [3.05, 3.63) is 23.2 Å². The smallest absolute Gasteiger partial charge is 0.326 e. The maximum Gasteiger partial charge on any atom is 0.326 e. The second-order valence-electron chi connectivity index (χ2n) is 6.17. The Morgan fingerprint density at radius 3 is 2.46 bits per heavy atom. The van der Waals surface area contributed by atoms with E-state index in [9.17, 15) is 19.2 Å². The Morgan fingerprint density at radius 1 is 1.25 bits per heavy atom. The first-order valence-corrected chi connectivity index (χ1v) is 9.07. The molecule has 1 fully saturated rings. The lowest BCUT2D eigenvalue weighted by Crippen LogP contribution is -2.46. The molecule has 1 aliphatic heterocycles. The molecule has 0 saturated carbocycles. The molecule has 0 spiro atoms. The summed E-state index contributed by atoms with van der Waals surface area (Å²) in [6, 6.07) is 3.99. The molecule has 2 rings (SSSR count). The number of anilines is 1. The summed E-state index contributed by atoms with van der Waals surface area (Å²) in [4.78, 5) is 49.1. The Balaban J connectivity index is 1.87. The van der Waals surface area contributed by atoms with E-state index >= 15 is 0 Å². The molecule has 0 unspecified atom stereocenters. The fourth-order valence-corrected chi connectivity index (χ4v) is 3.07. The Morgan fingerprint density at radius 2 is 1.93 bits per heavy atom. The van der Waals surface area contributed by atoms with Crippen molar-refractivity contribution in [2.75, 3.05) is 25.6 Å². The monoisotopic (exact) mass is 411 g/mol. The van der Waals surface area contributed by atoms with Crippen LogP contribution < -0.4 is 15.4 Å². The van der Waals surface area contributed by atoms with Crippen molar-refractivity contribution in [3.8, 4) is 5.75 Å². The molecule has 1 aliphatic rings. The fraction of sp³-hybridized carbons (Fsp3) is 0.444. The molecule has 9 nitrogen and oxygen atoms in total. The zero-order valence-corrected chi connectivity index (χ0v) is 16.6. The van der Waals surface area contributed by atoms with Gasteiger partial charge in [0, 0.05) is 5.69 Å². The van der Waals surface area contributed by atoms with Gasteiger partial charge in [0.1, 0.15) is 17.8 Å². The fourth-order valence-electron chi connectivity index (χ4n) is 2.81. The summed E-state index contributed by atoms with van der Waals surface area (Å²) in [6.45, 7) is 2.42. The number of carbonyl (C=O) groups is 4. The number of nitrogens with zero attached hydrogens (tertiary/aromatic N) is 1. The number of hydrogen-bond donors (Lipinski definition) is 2. The van der Waals surface area contributed by atoms with Gasteiger partial charge in [-0.1, -0.05) is 25.4 Å². The molecule has 1 aromatic rings. The number of urea groups is 1. The Kier molecular flexibility index (Phi) is 6.85. The van der Waals surface area contributed by atoms with Gasteiger partial charge in [-0.2, -0.15) is 0 Å². The number of halogens is 1. The first kappa shape index (κ1) is 21.5. The Labute approximate surface area is 167 Å².